The van der Waals surface area contributed by atoms with Gasteiger partial charge in [0.2, 0.25) is 5.91 Å². The first-order chi connectivity index (χ1) is 13.7. The van der Waals surface area contributed by atoms with Crippen LogP contribution in [0.1, 0.15) is 33.9 Å². The molecule has 0 aliphatic carbocycles. The van der Waals surface area contributed by atoms with Gasteiger partial charge in [-0.2, -0.15) is 5.26 Å². The van der Waals surface area contributed by atoms with Crippen molar-refractivity contribution in [2.75, 3.05) is 5.32 Å². The molecule has 0 bridgehead atoms. The van der Waals surface area contributed by atoms with Crippen LogP contribution in [0.5, 0.6) is 0 Å². The first-order valence-corrected chi connectivity index (χ1v) is 8.86. The average Bonchev–Trinajstić information content (AvgIpc) is 2.75. The lowest BCUT2D eigenvalue weighted by Gasteiger charge is -2.19. The first kappa shape index (κ1) is 18.9. The van der Waals surface area contributed by atoms with Crippen molar-refractivity contribution >= 4 is 17.5 Å². The predicted octanol–water partition coefficient (Wildman–Crippen LogP) is 4.06. The van der Waals surface area contributed by atoms with Crippen molar-refractivity contribution in [1.29, 1.82) is 5.26 Å². The summed E-state index contributed by atoms with van der Waals surface area (Å²) in [5.74, 6) is -0.465. The highest BCUT2D eigenvalue weighted by Crippen LogP contribution is 2.19. The third-order valence-electron chi connectivity index (χ3n) is 4.23. The molecule has 3 aromatic rings. The van der Waals surface area contributed by atoms with Crippen LogP contribution >= 0.6 is 0 Å². The van der Waals surface area contributed by atoms with Crippen molar-refractivity contribution in [2.24, 2.45) is 0 Å². The molecule has 3 rings (SSSR count). The van der Waals surface area contributed by atoms with Gasteiger partial charge in [0.15, 0.2) is 0 Å². The molecule has 0 heterocycles. The van der Waals surface area contributed by atoms with Crippen molar-refractivity contribution in [1.82, 2.24) is 5.32 Å². The van der Waals surface area contributed by atoms with Crippen LogP contribution in [0.2, 0.25) is 0 Å². The van der Waals surface area contributed by atoms with Gasteiger partial charge in [-0.15, -0.1) is 0 Å². The molecule has 138 valence electrons. The highest BCUT2D eigenvalue weighted by Gasteiger charge is 2.19. The topological polar surface area (TPSA) is 82.0 Å². The molecule has 2 amide bonds. The molecule has 0 saturated carbocycles. The Labute approximate surface area is 163 Å². The largest absolute Gasteiger partial charge is 0.345 e. The van der Waals surface area contributed by atoms with Crippen LogP contribution < -0.4 is 10.6 Å². The number of hydrogen-bond acceptors (Lipinski definition) is 3. The zero-order chi connectivity index (χ0) is 19.8. The summed E-state index contributed by atoms with van der Waals surface area (Å²) in [5, 5.41) is 14.6. The smallest absolute Gasteiger partial charge is 0.251 e. The third-order valence-corrected chi connectivity index (χ3v) is 4.23. The molecule has 0 spiro atoms. The lowest BCUT2D eigenvalue weighted by atomic mass is 10.0. The molecular formula is C23H19N3O2. The number of hydrogen-bond donors (Lipinski definition) is 2. The van der Waals surface area contributed by atoms with Gasteiger partial charge in [-0.1, -0.05) is 48.5 Å². The normalized spacial score (nSPS) is 11.1. The fourth-order valence-corrected chi connectivity index (χ4v) is 2.79. The Morgan fingerprint density at radius 1 is 0.857 bits per heavy atom. The van der Waals surface area contributed by atoms with Crippen molar-refractivity contribution in [2.45, 2.75) is 12.5 Å². The summed E-state index contributed by atoms with van der Waals surface area (Å²) in [6, 6.07) is 26.5. The number of nitrogens with one attached hydrogen (secondary N) is 2. The van der Waals surface area contributed by atoms with E-state index < -0.39 is 6.04 Å². The summed E-state index contributed by atoms with van der Waals surface area (Å²) in [5.41, 5.74) is 2.51. The Hall–Kier alpha value is -3.91. The molecule has 5 heteroatoms. The third kappa shape index (κ3) is 5.05. The first-order valence-electron chi connectivity index (χ1n) is 8.86. The van der Waals surface area contributed by atoms with Gasteiger partial charge in [0, 0.05) is 11.3 Å². The number of amides is 2. The van der Waals surface area contributed by atoms with Crippen molar-refractivity contribution in [3.8, 4) is 6.07 Å². The predicted molar refractivity (Wildman–Crippen MR) is 107 cm³/mol. The monoisotopic (exact) mass is 369 g/mol. The molecular weight excluding hydrogens is 350 g/mol. The maximum atomic E-state index is 12.6. The summed E-state index contributed by atoms with van der Waals surface area (Å²) in [4.78, 5) is 25.1. The summed E-state index contributed by atoms with van der Waals surface area (Å²) < 4.78 is 0. The molecule has 0 fully saturated rings. The Bertz CT molecular complexity index is 978. The Kier molecular flexibility index (Phi) is 6.17. The van der Waals surface area contributed by atoms with Gasteiger partial charge in [0.25, 0.3) is 5.91 Å². The molecule has 2 N–H and O–H groups in total. The van der Waals surface area contributed by atoms with E-state index in [1.165, 1.54) is 0 Å². The molecule has 5 nitrogen and oxygen atoms in total. The molecule has 3 aromatic carbocycles. The van der Waals surface area contributed by atoms with E-state index in [1.807, 2.05) is 42.5 Å². The van der Waals surface area contributed by atoms with Gasteiger partial charge in [-0.3, -0.25) is 9.59 Å². The van der Waals surface area contributed by atoms with E-state index in [2.05, 4.69) is 10.6 Å². The van der Waals surface area contributed by atoms with Gasteiger partial charge in [-0.25, -0.2) is 0 Å². The van der Waals surface area contributed by atoms with Crippen molar-refractivity contribution < 1.29 is 9.59 Å². The fourth-order valence-electron chi connectivity index (χ4n) is 2.79. The second kappa shape index (κ2) is 9.15. The fraction of sp³-hybridized carbons (Fsp3) is 0.0870. The van der Waals surface area contributed by atoms with Crippen LogP contribution in [0.15, 0.2) is 84.9 Å². The average molecular weight is 369 g/mol. The van der Waals surface area contributed by atoms with Crippen LogP contribution in [0.4, 0.5) is 5.69 Å². The van der Waals surface area contributed by atoms with E-state index in [9.17, 15) is 9.59 Å². The number of nitriles is 1. The van der Waals surface area contributed by atoms with E-state index in [4.69, 9.17) is 5.26 Å². The molecule has 0 aromatic heterocycles. The lowest BCUT2D eigenvalue weighted by molar-refractivity contribution is -0.116. The second-order valence-electron chi connectivity index (χ2n) is 6.24. The highest BCUT2D eigenvalue weighted by molar-refractivity contribution is 5.95. The van der Waals surface area contributed by atoms with Gasteiger partial charge in [0.05, 0.1) is 24.1 Å². The summed E-state index contributed by atoms with van der Waals surface area (Å²) in [6.07, 6.45) is 0.0859. The number of carbonyl (C=O) groups excluding carboxylic acids is 2. The summed E-state index contributed by atoms with van der Waals surface area (Å²) >= 11 is 0. The maximum absolute atomic E-state index is 12.6. The minimum atomic E-state index is -0.465. The quantitative estimate of drug-likeness (QED) is 0.687. The van der Waals surface area contributed by atoms with Gasteiger partial charge < -0.3 is 10.6 Å². The van der Waals surface area contributed by atoms with Gasteiger partial charge in [-0.05, 0) is 42.0 Å². The zero-order valence-corrected chi connectivity index (χ0v) is 15.1. The number of carbonyl (C=O) groups is 2. The number of benzene rings is 3. The molecule has 0 aliphatic rings. The SMILES string of the molecule is N#Cc1ccc(NC(=O)CC(NC(=O)c2ccccc2)c2ccccc2)cc1. The molecule has 1 unspecified atom stereocenters. The van der Waals surface area contributed by atoms with Crippen LogP contribution in [0.3, 0.4) is 0 Å². The van der Waals surface area contributed by atoms with E-state index in [0.717, 1.165) is 5.56 Å². The van der Waals surface area contributed by atoms with Gasteiger partial charge in [0.1, 0.15) is 0 Å². The van der Waals surface area contributed by atoms with Crippen molar-refractivity contribution in [3.05, 3.63) is 102 Å². The van der Waals surface area contributed by atoms with E-state index >= 15 is 0 Å². The maximum Gasteiger partial charge on any atom is 0.251 e. The Morgan fingerprint density at radius 2 is 1.46 bits per heavy atom. The van der Waals surface area contributed by atoms with E-state index in [0.29, 0.717) is 16.8 Å². The van der Waals surface area contributed by atoms with Crippen LogP contribution in [0, 0.1) is 11.3 Å². The van der Waals surface area contributed by atoms with E-state index in [1.54, 1.807) is 48.5 Å². The van der Waals surface area contributed by atoms with Crippen LogP contribution in [-0.4, -0.2) is 11.8 Å². The highest BCUT2D eigenvalue weighted by atomic mass is 16.2. The Balaban J connectivity index is 1.72. The molecule has 1 atom stereocenters. The van der Waals surface area contributed by atoms with Gasteiger partial charge >= 0.3 is 0 Å². The van der Waals surface area contributed by atoms with Crippen LogP contribution in [0.25, 0.3) is 0 Å². The lowest BCUT2D eigenvalue weighted by Crippen LogP contribution is -2.31. The Morgan fingerprint density at radius 3 is 2.07 bits per heavy atom. The zero-order valence-electron chi connectivity index (χ0n) is 15.1. The summed E-state index contributed by atoms with van der Waals surface area (Å²) in [7, 11) is 0. The molecule has 28 heavy (non-hydrogen) atoms. The molecule has 0 radical (unpaired) electrons. The standard InChI is InChI=1S/C23H19N3O2/c24-16-17-11-13-20(14-12-17)25-22(27)15-21(18-7-3-1-4-8-18)26-23(28)19-9-5-2-6-10-19/h1-14,21H,15H2,(H,25,27)(H,26,28). The summed E-state index contributed by atoms with van der Waals surface area (Å²) in [6.45, 7) is 0. The molecule has 0 saturated heterocycles. The second-order valence-corrected chi connectivity index (χ2v) is 6.24. The minimum Gasteiger partial charge on any atom is -0.345 e. The van der Waals surface area contributed by atoms with E-state index in [-0.39, 0.29) is 18.2 Å². The van der Waals surface area contributed by atoms with Crippen LogP contribution in [-0.2, 0) is 4.79 Å². The number of anilines is 1. The number of rotatable bonds is 6. The van der Waals surface area contributed by atoms with Crippen molar-refractivity contribution in [3.63, 3.8) is 0 Å². The minimum absolute atomic E-state index is 0.0859. The molecule has 0 aliphatic heterocycles. The number of nitrogens with zero attached hydrogens (tertiary/aromatic N) is 1.